The summed E-state index contributed by atoms with van der Waals surface area (Å²) in [6, 6.07) is 5.41. The van der Waals surface area contributed by atoms with E-state index in [2.05, 4.69) is 0 Å². The Labute approximate surface area is 99.1 Å². The molecule has 1 aliphatic rings. The third-order valence-corrected chi connectivity index (χ3v) is 2.34. The van der Waals surface area contributed by atoms with Crippen molar-refractivity contribution in [2.75, 3.05) is 14.2 Å². The first-order valence-electron chi connectivity index (χ1n) is 5.06. The Morgan fingerprint density at radius 3 is 2.59 bits per heavy atom. The first kappa shape index (κ1) is 11.3. The number of hydrogen-bond acceptors (Lipinski definition) is 4. The van der Waals surface area contributed by atoms with Crippen LogP contribution in [0.2, 0.25) is 0 Å². The van der Waals surface area contributed by atoms with Crippen LogP contribution >= 0.6 is 0 Å². The van der Waals surface area contributed by atoms with Crippen molar-refractivity contribution in [3.63, 3.8) is 0 Å². The second kappa shape index (κ2) is 4.74. The maximum Gasteiger partial charge on any atom is 0.336 e. The van der Waals surface area contributed by atoms with Crippen molar-refractivity contribution in [3.05, 3.63) is 41.7 Å². The summed E-state index contributed by atoms with van der Waals surface area (Å²) in [6.07, 6.45) is 4.71. The average Bonchev–Trinajstić information content (AvgIpc) is 2.74. The van der Waals surface area contributed by atoms with Gasteiger partial charge in [-0.2, -0.15) is 0 Å². The molecule has 0 atom stereocenters. The van der Waals surface area contributed by atoms with E-state index in [0.29, 0.717) is 17.3 Å². The van der Waals surface area contributed by atoms with Gasteiger partial charge in [0.25, 0.3) is 0 Å². The minimum absolute atomic E-state index is 0.363. The number of esters is 1. The summed E-state index contributed by atoms with van der Waals surface area (Å²) < 4.78 is 15.3. The number of carbonyl (C=O) groups excluding carboxylic acids is 1. The molecule has 88 valence electrons. The molecule has 17 heavy (non-hydrogen) atoms. The number of cyclic esters (lactones) is 1. The van der Waals surface area contributed by atoms with Crippen molar-refractivity contribution >= 4 is 12.0 Å². The Bertz CT molecular complexity index is 500. The highest BCUT2D eigenvalue weighted by Crippen LogP contribution is 2.27. The van der Waals surface area contributed by atoms with E-state index in [1.54, 1.807) is 38.5 Å². The molecule has 0 amide bonds. The molecule has 0 fully saturated rings. The van der Waals surface area contributed by atoms with Crippen LogP contribution in [0.15, 0.2) is 36.1 Å². The van der Waals surface area contributed by atoms with Crippen LogP contribution in [0.3, 0.4) is 0 Å². The van der Waals surface area contributed by atoms with Gasteiger partial charge in [0, 0.05) is 11.6 Å². The number of ether oxygens (including phenoxy) is 3. The second-order valence-electron chi connectivity index (χ2n) is 3.41. The van der Waals surface area contributed by atoms with Crippen LogP contribution < -0.4 is 9.47 Å². The topological polar surface area (TPSA) is 44.8 Å². The molecule has 0 unspecified atom stereocenters. The summed E-state index contributed by atoms with van der Waals surface area (Å²) in [4.78, 5) is 10.9. The van der Waals surface area contributed by atoms with Gasteiger partial charge in [-0.1, -0.05) is 0 Å². The summed E-state index contributed by atoms with van der Waals surface area (Å²) in [6.45, 7) is 0. The number of hydrogen-bond donors (Lipinski definition) is 0. The lowest BCUT2D eigenvalue weighted by atomic mass is 10.1. The molecule has 0 bridgehead atoms. The number of methoxy groups -OCH3 is 2. The van der Waals surface area contributed by atoms with Crippen molar-refractivity contribution in [2.24, 2.45) is 0 Å². The lowest BCUT2D eigenvalue weighted by Gasteiger charge is -2.07. The molecule has 1 aromatic rings. The number of benzene rings is 1. The molecule has 0 saturated heterocycles. The zero-order chi connectivity index (χ0) is 12.3. The molecule has 1 heterocycles. The van der Waals surface area contributed by atoms with E-state index in [-0.39, 0.29) is 5.97 Å². The number of allylic oxidation sites excluding steroid dienone is 1. The summed E-state index contributed by atoms with van der Waals surface area (Å²) in [5.74, 6) is 1.53. The molecule has 0 aliphatic carbocycles. The summed E-state index contributed by atoms with van der Waals surface area (Å²) in [7, 11) is 3.18. The Morgan fingerprint density at radius 2 is 2.00 bits per heavy atom. The van der Waals surface area contributed by atoms with Gasteiger partial charge >= 0.3 is 5.97 Å². The second-order valence-corrected chi connectivity index (χ2v) is 3.41. The predicted molar refractivity (Wildman–Crippen MR) is 62.8 cm³/mol. The largest absolute Gasteiger partial charge is 0.497 e. The van der Waals surface area contributed by atoms with Crippen molar-refractivity contribution in [1.82, 2.24) is 0 Å². The summed E-state index contributed by atoms with van der Waals surface area (Å²) >= 11 is 0. The maximum atomic E-state index is 10.9. The Morgan fingerprint density at radius 1 is 1.18 bits per heavy atom. The highest BCUT2D eigenvalue weighted by Gasteiger charge is 2.11. The highest BCUT2D eigenvalue weighted by molar-refractivity contribution is 5.88. The third kappa shape index (κ3) is 2.47. The Hall–Kier alpha value is -2.23. The van der Waals surface area contributed by atoms with Gasteiger partial charge in [-0.15, -0.1) is 0 Å². The summed E-state index contributed by atoms with van der Waals surface area (Å²) in [5.41, 5.74) is 0.793. The smallest absolute Gasteiger partial charge is 0.336 e. The van der Waals surface area contributed by atoms with Crippen LogP contribution in [0.4, 0.5) is 0 Å². The van der Waals surface area contributed by atoms with Crippen molar-refractivity contribution in [2.45, 2.75) is 0 Å². The Balaban J connectivity index is 2.36. The molecular weight excluding hydrogens is 220 g/mol. The van der Waals surface area contributed by atoms with Gasteiger partial charge in [-0.05, 0) is 30.4 Å². The zero-order valence-electron chi connectivity index (χ0n) is 9.60. The molecule has 0 radical (unpaired) electrons. The molecule has 1 aromatic carbocycles. The monoisotopic (exact) mass is 232 g/mol. The van der Waals surface area contributed by atoms with Gasteiger partial charge in [0.15, 0.2) is 0 Å². The van der Waals surface area contributed by atoms with E-state index in [4.69, 9.17) is 14.2 Å². The molecule has 4 nitrogen and oxygen atoms in total. The van der Waals surface area contributed by atoms with Crippen LogP contribution in [-0.2, 0) is 9.53 Å². The van der Waals surface area contributed by atoms with Crippen LogP contribution in [-0.4, -0.2) is 20.2 Å². The SMILES string of the molecule is COc1ccc(OC)c(/C=C2/C=CC(=O)O2)c1. The van der Waals surface area contributed by atoms with Crippen LogP contribution in [0.25, 0.3) is 6.08 Å². The van der Waals surface area contributed by atoms with E-state index < -0.39 is 0 Å². The van der Waals surface area contributed by atoms with Gasteiger partial charge in [0.2, 0.25) is 0 Å². The first-order valence-corrected chi connectivity index (χ1v) is 5.06. The van der Waals surface area contributed by atoms with Crippen LogP contribution in [0.1, 0.15) is 5.56 Å². The van der Waals surface area contributed by atoms with Crippen LogP contribution in [0.5, 0.6) is 11.5 Å². The zero-order valence-corrected chi connectivity index (χ0v) is 9.60. The van der Waals surface area contributed by atoms with E-state index >= 15 is 0 Å². The normalized spacial score (nSPS) is 16.1. The number of rotatable bonds is 3. The number of carbonyl (C=O) groups is 1. The molecular formula is C13H12O4. The van der Waals surface area contributed by atoms with E-state index in [0.717, 1.165) is 5.56 Å². The Kier molecular flexibility index (Phi) is 3.14. The molecule has 0 N–H and O–H groups in total. The van der Waals surface area contributed by atoms with Crippen LogP contribution in [0, 0.1) is 0 Å². The summed E-state index contributed by atoms with van der Waals surface area (Å²) in [5, 5.41) is 0. The van der Waals surface area contributed by atoms with Crippen molar-refractivity contribution < 1.29 is 19.0 Å². The first-order chi connectivity index (χ1) is 8.22. The predicted octanol–water partition coefficient (Wildman–Crippen LogP) is 2.16. The van der Waals surface area contributed by atoms with E-state index in [9.17, 15) is 4.79 Å². The average molecular weight is 232 g/mol. The van der Waals surface area contributed by atoms with Gasteiger partial charge in [0.1, 0.15) is 17.3 Å². The molecule has 2 rings (SSSR count). The minimum atomic E-state index is -0.363. The molecule has 4 heteroatoms. The minimum Gasteiger partial charge on any atom is -0.497 e. The lowest BCUT2D eigenvalue weighted by Crippen LogP contribution is -1.92. The van der Waals surface area contributed by atoms with Gasteiger partial charge in [-0.25, -0.2) is 4.79 Å². The van der Waals surface area contributed by atoms with Gasteiger partial charge in [-0.3, -0.25) is 0 Å². The van der Waals surface area contributed by atoms with E-state index in [1.807, 2.05) is 6.07 Å². The molecule has 0 aromatic heterocycles. The third-order valence-electron chi connectivity index (χ3n) is 2.34. The fourth-order valence-corrected chi connectivity index (χ4v) is 1.52. The lowest BCUT2D eigenvalue weighted by molar-refractivity contribution is -0.132. The fourth-order valence-electron chi connectivity index (χ4n) is 1.52. The fraction of sp³-hybridized carbons (Fsp3) is 0.154. The van der Waals surface area contributed by atoms with Crippen molar-refractivity contribution in [1.29, 1.82) is 0 Å². The quantitative estimate of drug-likeness (QED) is 0.749. The molecule has 1 aliphatic heterocycles. The highest BCUT2D eigenvalue weighted by atomic mass is 16.5. The van der Waals surface area contributed by atoms with Crippen molar-refractivity contribution in [3.8, 4) is 11.5 Å². The maximum absolute atomic E-state index is 10.9. The standard InChI is InChI=1S/C13H12O4/c1-15-10-3-5-12(16-2)9(7-10)8-11-4-6-13(14)17-11/h3-8H,1-2H3/b11-8-. The van der Waals surface area contributed by atoms with Gasteiger partial charge in [0.05, 0.1) is 14.2 Å². The molecule has 0 spiro atoms. The van der Waals surface area contributed by atoms with Gasteiger partial charge < -0.3 is 14.2 Å². The molecule has 0 saturated carbocycles. The van der Waals surface area contributed by atoms with E-state index in [1.165, 1.54) is 6.08 Å².